The maximum Gasteiger partial charge on any atom is 0.336 e. The van der Waals surface area contributed by atoms with E-state index in [1.165, 1.54) is 17.8 Å². The highest BCUT2D eigenvalue weighted by molar-refractivity contribution is 7.98. The van der Waals surface area contributed by atoms with Gasteiger partial charge >= 0.3 is 5.63 Å². The van der Waals surface area contributed by atoms with Crippen molar-refractivity contribution in [3.63, 3.8) is 0 Å². The summed E-state index contributed by atoms with van der Waals surface area (Å²) < 4.78 is 11.1. The molecule has 1 aromatic carbocycles. The van der Waals surface area contributed by atoms with E-state index in [9.17, 15) is 4.79 Å². The Balaban J connectivity index is 1.54. The van der Waals surface area contributed by atoms with Crippen molar-refractivity contribution < 1.29 is 8.83 Å². The zero-order valence-corrected chi connectivity index (χ0v) is 16.7. The van der Waals surface area contributed by atoms with Gasteiger partial charge in [0.2, 0.25) is 5.89 Å². The van der Waals surface area contributed by atoms with Gasteiger partial charge in [-0.1, -0.05) is 23.9 Å². The Hall–Kier alpha value is -2.45. The molecule has 4 rings (SSSR count). The third-order valence-corrected chi connectivity index (χ3v) is 6.01. The van der Waals surface area contributed by atoms with E-state index in [0.29, 0.717) is 28.9 Å². The lowest BCUT2D eigenvalue weighted by Crippen LogP contribution is -2.01. The number of aromatic nitrogens is 3. The molecule has 0 saturated carbocycles. The summed E-state index contributed by atoms with van der Waals surface area (Å²) in [6, 6.07) is 5.55. The van der Waals surface area contributed by atoms with Crippen LogP contribution in [0.4, 0.5) is 0 Å². The van der Waals surface area contributed by atoms with Gasteiger partial charge in [-0.3, -0.25) is 0 Å². The summed E-state index contributed by atoms with van der Waals surface area (Å²) in [5.41, 5.74) is 4.18. The number of benzene rings is 1. The van der Waals surface area contributed by atoms with E-state index in [2.05, 4.69) is 15.2 Å². The number of hydrogen-bond acceptors (Lipinski definition) is 8. The molecule has 0 fully saturated rings. The third-order valence-electron chi connectivity index (χ3n) is 4.32. The first-order valence-electron chi connectivity index (χ1n) is 8.39. The quantitative estimate of drug-likeness (QED) is 0.362. The van der Waals surface area contributed by atoms with Crippen LogP contribution in [0.2, 0.25) is 0 Å². The minimum atomic E-state index is -0.350. The van der Waals surface area contributed by atoms with Gasteiger partial charge in [-0.05, 0) is 37.5 Å². The van der Waals surface area contributed by atoms with Crippen LogP contribution in [0.15, 0.2) is 42.4 Å². The summed E-state index contributed by atoms with van der Waals surface area (Å²) in [5, 5.41) is 12.6. The molecule has 3 heterocycles. The Morgan fingerprint density at radius 3 is 2.78 bits per heavy atom. The summed E-state index contributed by atoms with van der Waals surface area (Å²) in [6.07, 6.45) is 0.522. The van der Waals surface area contributed by atoms with Crippen molar-refractivity contribution in [1.29, 1.82) is 0 Å². The van der Waals surface area contributed by atoms with Crippen molar-refractivity contribution in [2.45, 2.75) is 38.2 Å². The van der Waals surface area contributed by atoms with Gasteiger partial charge in [0.1, 0.15) is 5.58 Å². The first kappa shape index (κ1) is 17.9. The molecular weight excluding hydrogens is 382 g/mol. The van der Waals surface area contributed by atoms with Crippen molar-refractivity contribution in [2.75, 3.05) is 0 Å². The SMILES string of the molecule is Cc1nc(Cc2nnc(SCc3cc(=O)oc4c(C)c(C)ccc34)o2)cs1. The van der Waals surface area contributed by atoms with Crippen molar-refractivity contribution >= 4 is 34.1 Å². The predicted molar refractivity (Wildman–Crippen MR) is 105 cm³/mol. The minimum Gasteiger partial charge on any atom is -0.422 e. The van der Waals surface area contributed by atoms with E-state index in [1.807, 2.05) is 38.3 Å². The average Bonchev–Trinajstić information content (AvgIpc) is 3.25. The number of fused-ring (bicyclic) bond motifs is 1. The lowest BCUT2D eigenvalue weighted by molar-refractivity contribution is 0.419. The van der Waals surface area contributed by atoms with Gasteiger partial charge in [0.05, 0.1) is 17.1 Å². The minimum absolute atomic E-state index is 0.350. The van der Waals surface area contributed by atoms with Crippen molar-refractivity contribution in [3.8, 4) is 0 Å². The van der Waals surface area contributed by atoms with Crippen LogP contribution in [-0.4, -0.2) is 15.2 Å². The smallest absolute Gasteiger partial charge is 0.336 e. The maximum absolute atomic E-state index is 12.0. The molecule has 4 aromatic rings. The molecule has 138 valence electrons. The molecule has 0 radical (unpaired) electrons. The van der Waals surface area contributed by atoms with E-state index in [1.54, 1.807) is 11.3 Å². The molecule has 8 heteroatoms. The summed E-state index contributed by atoms with van der Waals surface area (Å²) in [6.45, 7) is 5.93. The Kier molecular flexibility index (Phi) is 4.84. The fourth-order valence-electron chi connectivity index (χ4n) is 2.80. The number of thiazole rings is 1. The molecule has 0 aliphatic carbocycles. The van der Waals surface area contributed by atoms with Crippen LogP contribution in [-0.2, 0) is 12.2 Å². The topological polar surface area (TPSA) is 82.0 Å². The Morgan fingerprint density at radius 2 is 2.00 bits per heavy atom. The van der Waals surface area contributed by atoms with Crippen molar-refractivity contribution in [1.82, 2.24) is 15.2 Å². The highest BCUT2D eigenvalue weighted by atomic mass is 32.2. The third kappa shape index (κ3) is 3.81. The van der Waals surface area contributed by atoms with Crippen LogP contribution in [0.3, 0.4) is 0 Å². The van der Waals surface area contributed by atoms with E-state index in [0.717, 1.165) is 32.8 Å². The monoisotopic (exact) mass is 399 g/mol. The first-order valence-corrected chi connectivity index (χ1v) is 10.3. The van der Waals surface area contributed by atoms with Crippen molar-refractivity contribution in [2.24, 2.45) is 0 Å². The lowest BCUT2D eigenvalue weighted by Gasteiger charge is -2.07. The average molecular weight is 399 g/mol. The lowest BCUT2D eigenvalue weighted by atomic mass is 10.0. The van der Waals surface area contributed by atoms with Crippen LogP contribution in [0, 0.1) is 20.8 Å². The molecule has 0 atom stereocenters. The van der Waals surface area contributed by atoms with Crippen LogP contribution < -0.4 is 5.63 Å². The predicted octanol–water partition coefficient (Wildman–Crippen LogP) is 4.44. The summed E-state index contributed by atoms with van der Waals surface area (Å²) in [5.74, 6) is 1.08. The fraction of sp³-hybridized carbons (Fsp3) is 0.263. The standard InChI is InChI=1S/C19H17N3O3S2/c1-10-4-5-15-13(6-17(23)25-18(15)11(10)2)8-27-19-22-21-16(24-19)7-14-9-26-12(3)20-14/h4-6,9H,7-8H2,1-3H3. The molecule has 0 amide bonds. The Morgan fingerprint density at radius 1 is 1.15 bits per heavy atom. The largest absolute Gasteiger partial charge is 0.422 e. The van der Waals surface area contributed by atoms with Gasteiger partial charge in [-0.25, -0.2) is 9.78 Å². The molecule has 0 aliphatic heterocycles. The second kappa shape index (κ2) is 7.28. The zero-order valence-electron chi connectivity index (χ0n) is 15.1. The normalized spacial score (nSPS) is 11.4. The molecule has 27 heavy (non-hydrogen) atoms. The highest BCUT2D eigenvalue weighted by Gasteiger charge is 2.13. The van der Waals surface area contributed by atoms with Crippen LogP contribution in [0.1, 0.15) is 33.3 Å². The Labute approximate surface area is 163 Å². The molecule has 3 aromatic heterocycles. The second-order valence-electron chi connectivity index (χ2n) is 6.26. The molecule has 0 aliphatic rings. The number of rotatable bonds is 5. The maximum atomic E-state index is 12.0. The van der Waals surface area contributed by atoms with Gasteiger partial charge in [-0.2, -0.15) is 0 Å². The van der Waals surface area contributed by atoms with Gasteiger partial charge in [0, 0.05) is 22.6 Å². The number of aryl methyl sites for hydroxylation is 3. The van der Waals surface area contributed by atoms with Crippen LogP contribution in [0.5, 0.6) is 0 Å². The van der Waals surface area contributed by atoms with E-state index in [-0.39, 0.29) is 5.63 Å². The number of nitrogens with zero attached hydrogens (tertiary/aromatic N) is 3. The number of thioether (sulfide) groups is 1. The van der Waals surface area contributed by atoms with E-state index in [4.69, 9.17) is 8.83 Å². The van der Waals surface area contributed by atoms with E-state index < -0.39 is 0 Å². The van der Waals surface area contributed by atoms with Gasteiger partial charge in [0.15, 0.2) is 0 Å². The highest BCUT2D eigenvalue weighted by Crippen LogP contribution is 2.28. The van der Waals surface area contributed by atoms with Gasteiger partial charge in [-0.15, -0.1) is 21.5 Å². The van der Waals surface area contributed by atoms with Crippen LogP contribution in [0.25, 0.3) is 11.0 Å². The fourth-order valence-corrected chi connectivity index (χ4v) is 4.18. The molecule has 0 N–H and O–H groups in total. The molecule has 6 nitrogen and oxygen atoms in total. The molecular formula is C19H17N3O3S2. The summed E-state index contributed by atoms with van der Waals surface area (Å²) in [4.78, 5) is 16.4. The van der Waals surface area contributed by atoms with Crippen LogP contribution >= 0.6 is 23.1 Å². The van der Waals surface area contributed by atoms with Gasteiger partial charge < -0.3 is 8.83 Å². The summed E-state index contributed by atoms with van der Waals surface area (Å²) in [7, 11) is 0. The second-order valence-corrected chi connectivity index (χ2v) is 8.25. The van der Waals surface area contributed by atoms with E-state index >= 15 is 0 Å². The summed E-state index contributed by atoms with van der Waals surface area (Å²) >= 11 is 3.00. The molecule has 0 spiro atoms. The first-order chi connectivity index (χ1) is 13.0. The number of hydrogen-bond donors (Lipinski definition) is 0. The molecule has 0 saturated heterocycles. The zero-order chi connectivity index (χ0) is 19.0. The molecule has 0 unspecified atom stereocenters. The van der Waals surface area contributed by atoms with Crippen molar-refractivity contribution in [3.05, 3.63) is 67.3 Å². The van der Waals surface area contributed by atoms with Gasteiger partial charge in [0.25, 0.3) is 5.22 Å². The molecule has 0 bridgehead atoms. The Bertz CT molecular complexity index is 1180.